The molecule has 1 fully saturated rings. The summed E-state index contributed by atoms with van der Waals surface area (Å²) in [5.41, 5.74) is 0. The minimum Gasteiger partial charge on any atom is -0.367 e. The minimum absolute atomic E-state index is 0.0613. The molecule has 0 saturated carbocycles. The Labute approximate surface area is 131 Å². The van der Waals surface area contributed by atoms with Crippen molar-refractivity contribution in [3.63, 3.8) is 0 Å². The Morgan fingerprint density at radius 1 is 1.41 bits per heavy atom. The van der Waals surface area contributed by atoms with Crippen LogP contribution in [0.1, 0.15) is 13.3 Å². The first-order valence-corrected chi connectivity index (χ1v) is 9.29. The number of nitrogens with zero attached hydrogens (tertiary/aromatic N) is 5. The third-order valence-corrected chi connectivity index (χ3v) is 5.41. The smallest absolute Gasteiger partial charge is 0.247 e. The van der Waals surface area contributed by atoms with Crippen molar-refractivity contribution in [3.05, 3.63) is 6.20 Å². The summed E-state index contributed by atoms with van der Waals surface area (Å²) in [6.45, 7) is 4.27. The number of hydrogen-bond acceptors (Lipinski definition) is 8. The van der Waals surface area contributed by atoms with Crippen LogP contribution < -0.4 is 10.2 Å². The van der Waals surface area contributed by atoms with Gasteiger partial charge in [-0.05, 0) is 27.4 Å². The second kappa shape index (κ2) is 7.19. The monoisotopic (exact) mass is 328 g/mol. The van der Waals surface area contributed by atoms with Gasteiger partial charge in [-0.15, -0.1) is 5.10 Å². The molecule has 1 N–H and O–H groups in total. The van der Waals surface area contributed by atoms with Crippen molar-refractivity contribution in [1.82, 2.24) is 20.1 Å². The summed E-state index contributed by atoms with van der Waals surface area (Å²) in [6, 6.07) is -0.0613. The highest BCUT2D eigenvalue weighted by Crippen LogP contribution is 2.21. The van der Waals surface area contributed by atoms with E-state index in [1.54, 1.807) is 6.20 Å². The summed E-state index contributed by atoms with van der Waals surface area (Å²) in [5, 5.41) is 11.2. The molecule has 0 amide bonds. The van der Waals surface area contributed by atoms with Crippen molar-refractivity contribution in [1.29, 1.82) is 0 Å². The highest BCUT2D eigenvalue weighted by molar-refractivity contribution is 7.91. The molecule has 1 saturated heterocycles. The number of sulfone groups is 1. The zero-order valence-corrected chi connectivity index (χ0v) is 14.2. The van der Waals surface area contributed by atoms with E-state index in [1.165, 1.54) is 0 Å². The van der Waals surface area contributed by atoms with Gasteiger partial charge in [-0.2, -0.15) is 10.1 Å². The average Bonchev–Trinajstić information content (AvgIpc) is 2.80. The fraction of sp³-hybridized carbons (Fsp3) is 0.769. The Morgan fingerprint density at radius 2 is 2.18 bits per heavy atom. The number of anilines is 2. The van der Waals surface area contributed by atoms with E-state index < -0.39 is 9.84 Å². The van der Waals surface area contributed by atoms with Gasteiger partial charge in [0.1, 0.15) is 0 Å². The molecule has 1 aliphatic heterocycles. The lowest BCUT2D eigenvalue weighted by atomic mass is 10.2. The van der Waals surface area contributed by atoms with E-state index in [0.717, 1.165) is 13.1 Å². The Kier molecular flexibility index (Phi) is 5.52. The molecule has 9 heteroatoms. The van der Waals surface area contributed by atoms with E-state index in [9.17, 15) is 8.42 Å². The lowest BCUT2D eigenvalue weighted by Gasteiger charge is -2.26. The number of rotatable bonds is 7. The van der Waals surface area contributed by atoms with Gasteiger partial charge in [-0.25, -0.2) is 8.42 Å². The number of likely N-dealkylation sites (N-methyl/N-ethyl adjacent to an activating group) is 1. The molecule has 1 aromatic rings. The average molecular weight is 328 g/mol. The summed E-state index contributed by atoms with van der Waals surface area (Å²) >= 11 is 0. The maximum Gasteiger partial charge on any atom is 0.247 e. The first kappa shape index (κ1) is 16.9. The number of aromatic nitrogens is 3. The molecule has 1 atom stereocenters. The van der Waals surface area contributed by atoms with Crippen molar-refractivity contribution in [2.45, 2.75) is 19.4 Å². The zero-order chi connectivity index (χ0) is 16.2. The molecule has 0 aromatic carbocycles. The summed E-state index contributed by atoms with van der Waals surface area (Å²) in [5.74, 6) is 1.55. The molecule has 0 radical (unpaired) electrons. The number of nitrogens with one attached hydrogen (secondary N) is 1. The summed E-state index contributed by atoms with van der Waals surface area (Å²) in [4.78, 5) is 8.46. The first-order chi connectivity index (χ1) is 10.4. The third-order valence-electron chi connectivity index (χ3n) is 3.66. The molecular weight excluding hydrogens is 304 g/mol. The lowest BCUT2D eigenvalue weighted by Crippen LogP contribution is -2.37. The highest BCUT2D eigenvalue weighted by atomic mass is 32.2. The van der Waals surface area contributed by atoms with Gasteiger partial charge in [0, 0.05) is 25.7 Å². The topological polar surface area (TPSA) is 91.3 Å². The molecule has 22 heavy (non-hydrogen) atoms. The molecule has 0 bridgehead atoms. The molecule has 124 valence electrons. The van der Waals surface area contributed by atoms with Crippen molar-refractivity contribution >= 4 is 21.6 Å². The predicted molar refractivity (Wildman–Crippen MR) is 86.9 cm³/mol. The van der Waals surface area contributed by atoms with Gasteiger partial charge in [-0.3, -0.25) is 0 Å². The van der Waals surface area contributed by atoms with Crippen molar-refractivity contribution in [2.24, 2.45) is 0 Å². The Morgan fingerprint density at radius 3 is 2.77 bits per heavy atom. The van der Waals surface area contributed by atoms with Gasteiger partial charge >= 0.3 is 0 Å². The molecular formula is C13H24N6O2S. The molecule has 2 heterocycles. The van der Waals surface area contributed by atoms with Crippen LogP contribution in [0.3, 0.4) is 0 Å². The summed E-state index contributed by atoms with van der Waals surface area (Å²) in [7, 11) is 1.08. The lowest BCUT2D eigenvalue weighted by molar-refractivity contribution is 0.425. The van der Waals surface area contributed by atoms with Crippen LogP contribution in [0, 0.1) is 0 Å². The van der Waals surface area contributed by atoms with E-state index >= 15 is 0 Å². The van der Waals surface area contributed by atoms with Gasteiger partial charge in [-0.1, -0.05) is 0 Å². The van der Waals surface area contributed by atoms with Crippen LogP contribution in [0.5, 0.6) is 0 Å². The molecule has 8 nitrogen and oxygen atoms in total. The Balaban J connectivity index is 2.06. The Hall–Kier alpha value is -1.48. The molecule has 1 aliphatic rings. The quantitative estimate of drug-likeness (QED) is 0.739. The van der Waals surface area contributed by atoms with Crippen LogP contribution in [0.4, 0.5) is 11.8 Å². The highest BCUT2D eigenvalue weighted by Gasteiger charge is 2.33. The van der Waals surface area contributed by atoms with E-state index in [0.29, 0.717) is 24.7 Å². The molecule has 0 aliphatic carbocycles. The fourth-order valence-electron chi connectivity index (χ4n) is 2.49. The minimum atomic E-state index is -2.93. The van der Waals surface area contributed by atoms with Crippen molar-refractivity contribution in [2.75, 3.05) is 55.5 Å². The van der Waals surface area contributed by atoms with Gasteiger partial charge in [0.15, 0.2) is 15.7 Å². The van der Waals surface area contributed by atoms with E-state index in [-0.39, 0.29) is 17.5 Å². The molecule has 1 unspecified atom stereocenters. The summed E-state index contributed by atoms with van der Waals surface area (Å²) < 4.78 is 23.3. The van der Waals surface area contributed by atoms with Crippen LogP contribution >= 0.6 is 0 Å². The first-order valence-electron chi connectivity index (χ1n) is 7.46. The van der Waals surface area contributed by atoms with Gasteiger partial charge in [0.2, 0.25) is 5.95 Å². The van der Waals surface area contributed by atoms with E-state index in [4.69, 9.17) is 0 Å². The van der Waals surface area contributed by atoms with Crippen molar-refractivity contribution in [3.8, 4) is 0 Å². The van der Waals surface area contributed by atoms with E-state index in [1.807, 2.05) is 25.9 Å². The van der Waals surface area contributed by atoms with Crippen LogP contribution in [0.25, 0.3) is 0 Å². The van der Waals surface area contributed by atoms with Gasteiger partial charge < -0.3 is 15.1 Å². The van der Waals surface area contributed by atoms with Gasteiger partial charge in [0.25, 0.3) is 0 Å². The van der Waals surface area contributed by atoms with Crippen LogP contribution in [-0.4, -0.2) is 79.8 Å². The van der Waals surface area contributed by atoms with Crippen LogP contribution in [-0.2, 0) is 9.84 Å². The summed E-state index contributed by atoms with van der Waals surface area (Å²) in [6.07, 6.45) is 2.20. The van der Waals surface area contributed by atoms with E-state index in [2.05, 4.69) is 25.4 Å². The van der Waals surface area contributed by atoms with Crippen molar-refractivity contribution < 1.29 is 8.42 Å². The second-order valence-electron chi connectivity index (χ2n) is 5.71. The SMILES string of the molecule is CCN(c1nncc(NCCN(C)C)n1)C1CCS(=O)(=O)C1. The maximum atomic E-state index is 11.7. The third kappa shape index (κ3) is 4.51. The predicted octanol–water partition coefficient (Wildman–Crippen LogP) is -0.141. The fourth-order valence-corrected chi connectivity index (χ4v) is 4.22. The second-order valence-corrected chi connectivity index (χ2v) is 7.94. The molecule has 2 rings (SSSR count). The molecule has 0 spiro atoms. The zero-order valence-electron chi connectivity index (χ0n) is 13.4. The van der Waals surface area contributed by atoms with Crippen LogP contribution in [0.2, 0.25) is 0 Å². The maximum absolute atomic E-state index is 11.7. The van der Waals surface area contributed by atoms with Gasteiger partial charge in [0.05, 0.1) is 17.7 Å². The normalized spacial score (nSPS) is 20.3. The molecule has 1 aromatic heterocycles. The number of hydrogen-bond donors (Lipinski definition) is 1. The largest absolute Gasteiger partial charge is 0.367 e. The standard InChI is InChI=1S/C13H24N6O2S/c1-4-19(11-5-8-22(20,21)10-11)13-16-12(9-15-17-13)14-6-7-18(2)3/h9,11H,4-8,10H2,1-3H3,(H,14,16,17). The van der Waals surface area contributed by atoms with Crippen LogP contribution in [0.15, 0.2) is 6.20 Å². The Bertz CT molecular complexity index is 592.